The van der Waals surface area contributed by atoms with Crippen LogP contribution in [-0.2, 0) is 10.0 Å². The fourth-order valence-corrected chi connectivity index (χ4v) is 2.88. The number of hydrogen-bond donors (Lipinski definition) is 1. The predicted octanol–water partition coefficient (Wildman–Crippen LogP) is 3.15. The van der Waals surface area contributed by atoms with Crippen LogP contribution in [-0.4, -0.2) is 8.42 Å². The van der Waals surface area contributed by atoms with Crippen LogP contribution in [0.15, 0.2) is 71.6 Å². The molecule has 0 heterocycles. The van der Waals surface area contributed by atoms with Crippen LogP contribution in [0.2, 0.25) is 0 Å². The SMILES string of the molecule is NS(=O)(=O)c1cccc(-c2cccc3ccccc23)c1. The van der Waals surface area contributed by atoms with Crippen molar-refractivity contribution in [3.05, 3.63) is 66.7 Å². The zero-order chi connectivity index (χ0) is 14.2. The highest BCUT2D eigenvalue weighted by molar-refractivity contribution is 7.89. The highest BCUT2D eigenvalue weighted by Crippen LogP contribution is 2.29. The Morgan fingerprint density at radius 1 is 0.800 bits per heavy atom. The van der Waals surface area contributed by atoms with E-state index in [2.05, 4.69) is 0 Å². The summed E-state index contributed by atoms with van der Waals surface area (Å²) in [5.74, 6) is 0. The van der Waals surface area contributed by atoms with E-state index >= 15 is 0 Å². The molecular formula is C16H13NO2S. The highest BCUT2D eigenvalue weighted by atomic mass is 32.2. The third-order valence-electron chi connectivity index (χ3n) is 3.26. The van der Waals surface area contributed by atoms with E-state index in [-0.39, 0.29) is 4.90 Å². The van der Waals surface area contributed by atoms with E-state index in [4.69, 9.17) is 5.14 Å². The van der Waals surface area contributed by atoms with Crippen LogP contribution in [0.1, 0.15) is 0 Å². The molecule has 0 saturated heterocycles. The maximum atomic E-state index is 11.5. The van der Waals surface area contributed by atoms with Crippen molar-refractivity contribution in [3.63, 3.8) is 0 Å². The predicted molar refractivity (Wildman–Crippen MR) is 80.8 cm³/mol. The Morgan fingerprint density at radius 3 is 2.30 bits per heavy atom. The van der Waals surface area contributed by atoms with E-state index in [1.54, 1.807) is 12.1 Å². The van der Waals surface area contributed by atoms with Gasteiger partial charge in [0.05, 0.1) is 4.90 Å². The molecule has 0 aliphatic rings. The molecule has 0 amide bonds. The highest BCUT2D eigenvalue weighted by Gasteiger charge is 2.10. The summed E-state index contributed by atoms with van der Waals surface area (Å²) in [5, 5.41) is 7.39. The van der Waals surface area contributed by atoms with Gasteiger partial charge in [-0.1, -0.05) is 54.6 Å². The molecule has 2 N–H and O–H groups in total. The quantitative estimate of drug-likeness (QED) is 0.785. The summed E-state index contributed by atoms with van der Waals surface area (Å²) in [6.07, 6.45) is 0. The Morgan fingerprint density at radius 2 is 1.50 bits per heavy atom. The fourth-order valence-electron chi connectivity index (χ4n) is 2.32. The Hall–Kier alpha value is -2.17. The van der Waals surface area contributed by atoms with Gasteiger partial charge in [0, 0.05) is 0 Å². The molecule has 0 saturated carbocycles. The molecule has 4 heteroatoms. The van der Waals surface area contributed by atoms with Gasteiger partial charge in [-0.25, -0.2) is 13.6 Å². The standard InChI is InChI=1S/C16H13NO2S/c17-20(18,19)14-8-3-7-13(11-14)16-10-4-6-12-5-1-2-9-15(12)16/h1-11H,(H2,17,18,19). The number of benzene rings is 3. The van der Waals surface area contributed by atoms with Crippen LogP contribution in [0, 0.1) is 0 Å². The molecule has 0 bridgehead atoms. The third-order valence-corrected chi connectivity index (χ3v) is 4.17. The van der Waals surface area contributed by atoms with Crippen molar-refractivity contribution in [2.24, 2.45) is 5.14 Å². The van der Waals surface area contributed by atoms with Gasteiger partial charge < -0.3 is 0 Å². The Bertz CT molecular complexity index is 880. The van der Waals surface area contributed by atoms with Crippen LogP contribution >= 0.6 is 0 Å². The molecule has 100 valence electrons. The average molecular weight is 283 g/mol. The van der Waals surface area contributed by atoms with Crippen molar-refractivity contribution in [2.75, 3.05) is 0 Å². The van der Waals surface area contributed by atoms with Gasteiger partial charge in [0.25, 0.3) is 0 Å². The molecule has 3 rings (SSSR count). The molecule has 3 aromatic rings. The van der Waals surface area contributed by atoms with Gasteiger partial charge in [-0.05, 0) is 34.0 Å². The van der Waals surface area contributed by atoms with E-state index in [1.165, 1.54) is 6.07 Å². The van der Waals surface area contributed by atoms with Crippen LogP contribution in [0.5, 0.6) is 0 Å². The van der Waals surface area contributed by atoms with E-state index in [9.17, 15) is 8.42 Å². The molecule has 0 aliphatic carbocycles. The molecule has 0 radical (unpaired) electrons. The zero-order valence-corrected chi connectivity index (χ0v) is 11.5. The minimum Gasteiger partial charge on any atom is -0.225 e. The lowest BCUT2D eigenvalue weighted by molar-refractivity contribution is 0.598. The number of hydrogen-bond acceptors (Lipinski definition) is 2. The first-order valence-corrected chi connectivity index (χ1v) is 7.71. The molecule has 0 unspecified atom stereocenters. The van der Waals surface area contributed by atoms with Gasteiger partial charge in [-0.15, -0.1) is 0 Å². The molecule has 3 aromatic carbocycles. The van der Waals surface area contributed by atoms with Crippen molar-refractivity contribution in [1.29, 1.82) is 0 Å². The molecule has 0 aromatic heterocycles. The summed E-state index contributed by atoms with van der Waals surface area (Å²) in [7, 11) is -3.69. The van der Waals surface area contributed by atoms with E-state index in [0.717, 1.165) is 21.9 Å². The van der Waals surface area contributed by atoms with Gasteiger partial charge in [-0.2, -0.15) is 0 Å². The second kappa shape index (κ2) is 4.74. The molecule has 20 heavy (non-hydrogen) atoms. The maximum absolute atomic E-state index is 11.5. The van der Waals surface area contributed by atoms with E-state index < -0.39 is 10.0 Å². The third kappa shape index (κ3) is 2.31. The van der Waals surface area contributed by atoms with Gasteiger partial charge in [0.1, 0.15) is 0 Å². The first-order chi connectivity index (χ1) is 9.55. The van der Waals surface area contributed by atoms with Gasteiger partial charge in [-0.3, -0.25) is 0 Å². The van der Waals surface area contributed by atoms with Crippen LogP contribution in [0.25, 0.3) is 21.9 Å². The van der Waals surface area contributed by atoms with Gasteiger partial charge in [0.15, 0.2) is 0 Å². The monoisotopic (exact) mass is 283 g/mol. The van der Waals surface area contributed by atoms with Gasteiger partial charge >= 0.3 is 0 Å². The fraction of sp³-hybridized carbons (Fsp3) is 0. The average Bonchev–Trinajstić information content (AvgIpc) is 2.46. The normalized spacial score (nSPS) is 11.7. The van der Waals surface area contributed by atoms with Crippen LogP contribution in [0.3, 0.4) is 0 Å². The first kappa shape index (κ1) is 12.8. The minimum atomic E-state index is -3.69. The first-order valence-electron chi connectivity index (χ1n) is 6.17. The lowest BCUT2D eigenvalue weighted by Crippen LogP contribution is -2.11. The smallest absolute Gasteiger partial charge is 0.225 e. The number of primary sulfonamides is 1. The molecule has 3 nitrogen and oxygen atoms in total. The number of nitrogens with two attached hydrogens (primary N) is 1. The number of rotatable bonds is 2. The molecule has 0 fully saturated rings. The minimum absolute atomic E-state index is 0.128. The summed E-state index contributed by atoms with van der Waals surface area (Å²) >= 11 is 0. The Kier molecular flexibility index (Phi) is 3.04. The lowest BCUT2D eigenvalue weighted by Gasteiger charge is -2.08. The molecule has 0 aliphatic heterocycles. The topological polar surface area (TPSA) is 60.2 Å². The second-order valence-corrected chi connectivity index (χ2v) is 6.16. The van der Waals surface area contributed by atoms with Crippen molar-refractivity contribution >= 4 is 20.8 Å². The van der Waals surface area contributed by atoms with Crippen molar-refractivity contribution in [3.8, 4) is 11.1 Å². The summed E-state index contributed by atoms with van der Waals surface area (Å²) < 4.78 is 22.9. The summed E-state index contributed by atoms with van der Waals surface area (Å²) in [6.45, 7) is 0. The lowest BCUT2D eigenvalue weighted by atomic mass is 9.98. The maximum Gasteiger partial charge on any atom is 0.238 e. The Labute approximate surface area is 117 Å². The van der Waals surface area contributed by atoms with Gasteiger partial charge in [0.2, 0.25) is 10.0 Å². The zero-order valence-electron chi connectivity index (χ0n) is 10.7. The van der Waals surface area contributed by atoms with Crippen molar-refractivity contribution < 1.29 is 8.42 Å². The molecule has 0 atom stereocenters. The van der Waals surface area contributed by atoms with E-state index in [0.29, 0.717) is 0 Å². The number of sulfonamides is 1. The molecular weight excluding hydrogens is 270 g/mol. The largest absolute Gasteiger partial charge is 0.238 e. The summed E-state index contributed by atoms with van der Waals surface area (Å²) in [5.41, 5.74) is 1.84. The molecule has 0 spiro atoms. The second-order valence-electron chi connectivity index (χ2n) is 4.60. The van der Waals surface area contributed by atoms with Crippen LogP contribution in [0.4, 0.5) is 0 Å². The summed E-state index contributed by atoms with van der Waals surface area (Å²) in [6, 6.07) is 20.7. The van der Waals surface area contributed by atoms with Crippen molar-refractivity contribution in [2.45, 2.75) is 4.90 Å². The number of fused-ring (bicyclic) bond motifs is 1. The summed E-state index contributed by atoms with van der Waals surface area (Å²) in [4.78, 5) is 0.128. The van der Waals surface area contributed by atoms with Crippen LogP contribution < -0.4 is 5.14 Å². The van der Waals surface area contributed by atoms with E-state index in [1.807, 2.05) is 48.5 Å². The Balaban J connectivity index is 2.27. The van der Waals surface area contributed by atoms with Crippen molar-refractivity contribution in [1.82, 2.24) is 0 Å².